The van der Waals surface area contributed by atoms with Crippen LogP contribution < -0.4 is 24.8 Å². The van der Waals surface area contributed by atoms with Gasteiger partial charge >= 0.3 is 41.3 Å². The SMILES string of the molecule is CC(CC1=Cc2ccccc2C1[c-]1ccc2ccccc21)O[Si](C)(C)C.C[C](C)=[Zr+2].[Cl-].[Cl-]. The van der Waals surface area contributed by atoms with E-state index in [1.165, 1.54) is 36.2 Å². The molecule has 0 fully saturated rings. The van der Waals surface area contributed by atoms with Crippen LogP contribution >= 0.6 is 0 Å². The molecular formula is C27H33Cl2OSiZr-. The molecule has 0 bridgehead atoms. The van der Waals surface area contributed by atoms with Crippen molar-refractivity contribution in [3.05, 3.63) is 82.9 Å². The van der Waals surface area contributed by atoms with Crippen LogP contribution in [-0.2, 0) is 28.7 Å². The van der Waals surface area contributed by atoms with Gasteiger partial charge in [-0.1, -0.05) is 42.0 Å². The zero-order valence-corrected chi connectivity index (χ0v) is 24.8. The van der Waals surface area contributed by atoms with E-state index in [2.05, 4.69) is 107 Å². The Labute approximate surface area is 222 Å². The molecule has 3 aromatic carbocycles. The molecule has 0 aliphatic heterocycles. The summed E-state index contributed by atoms with van der Waals surface area (Å²) in [6, 6.07) is 22.1. The molecule has 1 nitrogen and oxygen atoms in total. The van der Waals surface area contributed by atoms with Crippen molar-refractivity contribution in [2.24, 2.45) is 0 Å². The Balaban J connectivity index is 0.000000790. The summed E-state index contributed by atoms with van der Waals surface area (Å²) in [4.78, 5) is 0. The van der Waals surface area contributed by atoms with Crippen LogP contribution in [0, 0.1) is 0 Å². The molecule has 1 aliphatic rings. The van der Waals surface area contributed by atoms with E-state index in [4.69, 9.17) is 4.43 Å². The molecule has 3 aromatic rings. The van der Waals surface area contributed by atoms with Crippen molar-refractivity contribution in [2.45, 2.75) is 58.9 Å². The summed E-state index contributed by atoms with van der Waals surface area (Å²) in [6.07, 6.45) is 3.64. The second-order valence-corrected chi connectivity index (χ2v) is 16.3. The van der Waals surface area contributed by atoms with E-state index in [9.17, 15) is 0 Å². The quantitative estimate of drug-likeness (QED) is 0.338. The van der Waals surface area contributed by atoms with Crippen LogP contribution in [0.1, 0.15) is 49.8 Å². The first-order chi connectivity index (χ1) is 14.2. The Morgan fingerprint density at radius 2 is 1.59 bits per heavy atom. The normalized spacial score (nSPS) is 15.5. The number of fused-ring (bicyclic) bond motifs is 2. The van der Waals surface area contributed by atoms with Gasteiger partial charge in [-0.2, -0.15) is 6.07 Å². The van der Waals surface area contributed by atoms with E-state index in [0.717, 1.165) is 6.42 Å². The maximum absolute atomic E-state index is 6.35. The van der Waals surface area contributed by atoms with Crippen LogP contribution in [0.4, 0.5) is 0 Å². The third-order valence-electron chi connectivity index (χ3n) is 5.12. The molecule has 0 heterocycles. The summed E-state index contributed by atoms with van der Waals surface area (Å²) >= 11 is 1.55. The Morgan fingerprint density at radius 1 is 1.00 bits per heavy atom. The Kier molecular flexibility index (Phi) is 11.6. The van der Waals surface area contributed by atoms with Gasteiger partial charge in [0.15, 0.2) is 8.32 Å². The molecule has 170 valence electrons. The molecular weight excluding hydrogens is 531 g/mol. The van der Waals surface area contributed by atoms with E-state index in [0.29, 0.717) is 5.92 Å². The first kappa shape index (κ1) is 29.3. The summed E-state index contributed by atoms with van der Waals surface area (Å²) in [6.45, 7) is 13.3. The summed E-state index contributed by atoms with van der Waals surface area (Å²) in [5.74, 6) is 0.346. The first-order valence-corrected chi connectivity index (χ1v) is 15.4. The van der Waals surface area contributed by atoms with Gasteiger partial charge in [-0.3, -0.25) is 0 Å². The standard InChI is InChI=1S/C24H27OSi.C3H6.2ClH.Zr/c1-17(25-26(2,3)4)15-20-16-19-10-6-8-12-22(19)24(20)23-14-13-18-9-5-7-11-21(18)23;1-3-2;;;/h5-14,16-17,24H,15H2,1-4H3;1-2H3;2*1H;/q-1;;;;+2/p-2. The molecule has 4 rings (SSSR count). The second kappa shape index (κ2) is 12.7. The van der Waals surface area contributed by atoms with Gasteiger partial charge in [-0.15, -0.1) is 40.6 Å². The smallest absolute Gasteiger partial charge is 1.00 e. The molecule has 0 N–H and O–H groups in total. The largest absolute Gasteiger partial charge is 1.00 e. The first-order valence-electron chi connectivity index (χ1n) is 10.8. The van der Waals surface area contributed by atoms with Crippen LogP contribution in [0.25, 0.3) is 16.8 Å². The Hall–Kier alpha value is -0.700. The third kappa shape index (κ3) is 7.67. The van der Waals surface area contributed by atoms with Gasteiger partial charge in [0.05, 0.1) is 0 Å². The van der Waals surface area contributed by atoms with E-state index in [1.54, 1.807) is 24.2 Å². The predicted octanol–water partition coefficient (Wildman–Crippen LogP) is 1.47. The average molecular weight is 564 g/mol. The van der Waals surface area contributed by atoms with Crippen LogP contribution in [0.2, 0.25) is 19.6 Å². The summed E-state index contributed by atoms with van der Waals surface area (Å²) in [5, 5.41) is 2.71. The van der Waals surface area contributed by atoms with Gasteiger partial charge in [-0.05, 0) is 50.0 Å². The molecule has 0 spiro atoms. The number of hydrogen-bond acceptors (Lipinski definition) is 1. The van der Waals surface area contributed by atoms with Gasteiger partial charge in [0.2, 0.25) is 0 Å². The summed E-state index contributed by atoms with van der Waals surface area (Å²) in [7, 11) is -1.53. The summed E-state index contributed by atoms with van der Waals surface area (Å²) in [5.41, 5.74) is 5.70. The van der Waals surface area contributed by atoms with Crippen LogP contribution in [0.15, 0.2) is 66.2 Å². The van der Waals surface area contributed by atoms with Crippen LogP contribution in [-0.4, -0.2) is 17.6 Å². The van der Waals surface area contributed by atoms with Crippen molar-refractivity contribution in [1.82, 2.24) is 0 Å². The topological polar surface area (TPSA) is 9.23 Å². The van der Waals surface area contributed by atoms with Crippen molar-refractivity contribution < 1.29 is 53.5 Å². The predicted molar refractivity (Wildman–Crippen MR) is 131 cm³/mol. The Morgan fingerprint density at radius 3 is 2.25 bits per heavy atom. The van der Waals surface area contributed by atoms with E-state index in [1.807, 2.05) is 0 Å². The molecule has 2 unspecified atom stereocenters. The number of halogens is 2. The number of rotatable bonds is 5. The van der Waals surface area contributed by atoms with Crippen LogP contribution in [0.5, 0.6) is 0 Å². The minimum Gasteiger partial charge on any atom is -1.00 e. The molecule has 2 atom stereocenters. The van der Waals surface area contributed by atoms with Gasteiger partial charge in [0.1, 0.15) is 0 Å². The van der Waals surface area contributed by atoms with Crippen LogP contribution in [0.3, 0.4) is 0 Å². The molecule has 0 aromatic heterocycles. The third-order valence-corrected chi connectivity index (χ3v) is 6.23. The fourth-order valence-electron chi connectivity index (χ4n) is 4.34. The number of benzene rings is 2. The maximum Gasteiger partial charge on any atom is -1.00 e. The number of hydrogen-bond donors (Lipinski definition) is 0. The maximum atomic E-state index is 6.35. The molecule has 0 saturated heterocycles. The second-order valence-electron chi connectivity index (χ2n) is 9.40. The average Bonchev–Trinajstić information content (AvgIpc) is 3.20. The zero-order valence-electron chi connectivity index (χ0n) is 19.9. The minimum absolute atomic E-state index is 0. The van der Waals surface area contributed by atoms with E-state index in [-0.39, 0.29) is 30.9 Å². The van der Waals surface area contributed by atoms with Gasteiger partial charge in [0.25, 0.3) is 0 Å². The summed E-state index contributed by atoms with van der Waals surface area (Å²) < 4.78 is 7.86. The van der Waals surface area contributed by atoms with Crippen molar-refractivity contribution in [3.63, 3.8) is 0 Å². The zero-order chi connectivity index (χ0) is 21.9. The molecule has 32 heavy (non-hydrogen) atoms. The molecule has 1 aliphatic carbocycles. The molecule has 0 saturated carbocycles. The van der Waals surface area contributed by atoms with Crippen molar-refractivity contribution in [1.29, 1.82) is 0 Å². The molecule has 5 heteroatoms. The minimum atomic E-state index is -1.53. The Bertz CT molecular complexity index is 1060. The fourth-order valence-corrected chi connectivity index (χ4v) is 5.63. The molecule has 0 radical (unpaired) electrons. The van der Waals surface area contributed by atoms with Crippen molar-refractivity contribution in [2.75, 3.05) is 0 Å². The van der Waals surface area contributed by atoms with Crippen molar-refractivity contribution in [3.8, 4) is 0 Å². The molecule has 0 amide bonds. The van der Waals surface area contributed by atoms with E-state index >= 15 is 0 Å². The van der Waals surface area contributed by atoms with E-state index < -0.39 is 8.32 Å². The van der Waals surface area contributed by atoms with Gasteiger partial charge in [-0.25, -0.2) is 0 Å². The fraction of sp³-hybridized carbons (Fsp3) is 0.333. The van der Waals surface area contributed by atoms with Crippen molar-refractivity contribution >= 4 is 28.4 Å². The van der Waals surface area contributed by atoms with Gasteiger partial charge in [0, 0.05) is 6.10 Å². The monoisotopic (exact) mass is 561 g/mol. The van der Waals surface area contributed by atoms with Gasteiger partial charge < -0.3 is 29.2 Å².